The molecule has 1 aliphatic carbocycles. The molecule has 0 aromatic heterocycles. The Morgan fingerprint density at radius 1 is 1.56 bits per heavy atom. The van der Waals surface area contributed by atoms with Crippen molar-refractivity contribution in [3.05, 3.63) is 0 Å². The summed E-state index contributed by atoms with van der Waals surface area (Å²) in [5.41, 5.74) is 0. The summed E-state index contributed by atoms with van der Waals surface area (Å²) in [6.45, 7) is 3.44. The predicted octanol–water partition coefficient (Wildman–Crippen LogP) is -0.343. The normalized spacial score (nSPS) is 38.2. The number of carbonyl (C=O) groups is 1. The Morgan fingerprint density at radius 2 is 2.38 bits per heavy atom. The Balaban J connectivity index is 1.77. The summed E-state index contributed by atoms with van der Waals surface area (Å²) in [6.07, 6.45) is 1.87. The molecular weight excluding hydrogens is 208 g/mol. The van der Waals surface area contributed by atoms with Crippen LogP contribution in [0.25, 0.3) is 0 Å². The average Bonchev–Trinajstić information content (AvgIpc) is 2.63. The van der Waals surface area contributed by atoms with Crippen molar-refractivity contribution in [1.82, 2.24) is 10.6 Å². The topological polar surface area (TPSA) is 59.6 Å². The maximum absolute atomic E-state index is 11.1. The van der Waals surface area contributed by atoms with Crippen molar-refractivity contribution < 1.29 is 14.3 Å². The number of methoxy groups -OCH3 is 1. The second-order valence-corrected chi connectivity index (χ2v) is 4.41. The zero-order chi connectivity index (χ0) is 11.5. The van der Waals surface area contributed by atoms with Crippen molar-refractivity contribution in [2.24, 2.45) is 0 Å². The van der Waals surface area contributed by atoms with Crippen LogP contribution in [0.15, 0.2) is 0 Å². The highest BCUT2D eigenvalue weighted by molar-refractivity contribution is 5.78. The fraction of sp³-hybridized carbons (Fsp3) is 0.909. The van der Waals surface area contributed by atoms with Crippen LogP contribution in [0.3, 0.4) is 0 Å². The maximum atomic E-state index is 11.1. The predicted molar refractivity (Wildman–Crippen MR) is 59.2 cm³/mol. The van der Waals surface area contributed by atoms with Gasteiger partial charge in [0.25, 0.3) is 0 Å². The summed E-state index contributed by atoms with van der Waals surface area (Å²) in [7, 11) is 1.71. The summed E-state index contributed by atoms with van der Waals surface area (Å²) < 4.78 is 11.0. The molecule has 2 aliphatic rings. The van der Waals surface area contributed by atoms with Crippen LogP contribution < -0.4 is 10.6 Å². The highest BCUT2D eigenvalue weighted by Crippen LogP contribution is 2.27. The fourth-order valence-corrected chi connectivity index (χ4v) is 2.46. The summed E-state index contributed by atoms with van der Waals surface area (Å²) in [5.74, 6) is 0.132. The molecule has 0 aromatic carbocycles. The van der Waals surface area contributed by atoms with Gasteiger partial charge in [-0.3, -0.25) is 4.79 Å². The largest absolute Gasteiger partial charge is 0.377 e. The lowest BCUT2D eigenvalue weighted by atomic mass is 9.84. The molecule has 0 bridgehead atoms. The van der Waals surface area contributed by atoms with Gasteiger partial charge in [-0.25, -0.2) is 0 Å². The van der Waals surface area contributed by atoms with E-state index in [-0.39, 0.29) is 24.2 Å². The van der Waals surface area contributed by atoms with Crippen molar-refractivity contribution in [3.63, 3.8) is 0 Å². The van der Waals surface area contributed by atoms with Crippen molar-refractivity contribution in [2.75, 3.05) is 20.3 Å². The molecule has 16 heavy (non-hydrogen) atoms. The van der Waals surface area contributed by atoms with Crippen LogP contribution in [-0.2, 0) is 14.3 Å². The van der Waals surface area contributed by atoms with Gasteiger partial charge in [-0.1, -0.05) is 0 Å². The van der Waals surface area contributed by atoms with Gasteiger partial charge in [-0.15, -0.1) is 0 Å². The monoisotopic (exact) mass is 228 g/mol. The molecule has 4 unspecified atom stereocenters. The fourth-order valence-electron chi connectivity index (χ4n) is 2.46. The molecule has 0 radical (unpaired) electrons. The van der Waals surface area contributed by atoms with Gasteiger partial charge in [0.15, 0.2) is 0 Å². The standard InChI is InChI=1S/C11H20N2O3/c1-3-16-9-5-8(11(9)15-2)13-7-4-10(14)12-6-7/h7-9,11,13H,3-6H2,1-2H3,(H,12,14). The zero-order valence-corrected chi connectivity index (χ0v) is 9.86. The van der Waals surface area contributed by atoms with Gasteiger partial charge >= 0.3 is 0 Å². The average molecular weight is 228 g/mol. The lowest BCUT2D eigenvalue weighted by molar-refractivity contribution is -0.133. The molecule has 4 atom stereocenters. The van der Waals surface area contributed by atoms with Crippen LogP contribution in [0.1, 0.15) is 19.8 Å². The molecule has 92 valence electrons. The Hall–Kier alpha value is -0.650. The second kappa shape index (κ2) is 5.12. The van der Waals surface area contributed by atoms with E-state index in [1.54, 1.807) is 7.11 Å². The molecule has 2 N–H and O–H groups in total. The number of amides is 1. The molecule has 5 nitrogen and oxygen atoms in total. The summed E-state index contributed by atoms with van der Waals surface area (Å²) in [4.78, 5) is 11.1. The molecule has 1 saturated carbocycles. The summed E-state index contributed by atoms with van der Waals surface area (Å²) in [6, 6.07) is 0.567. The molecule has 1 amide bonds. The number of carbonyl (C=O) groups excluding carboxylic acids is 1. The molecule has 2 fully saturated rings. The first kappa shape index (κ1) is 11.8. The third-order valence-electron chi connectivity index (χ3n) is 3.33. The van der Waals surface area contributed by atoms with E-state index in [0.717, 1.165) is 19.6 Å². The van der Waals surface area contributed by atoms with Gasteiger partial charge in [-0.05, 0) is 13.3 Å². The van der Waals surface area contributed by atoms with Gasteiger partial charge in [0, 0.05) is 38.8 Å². The van der Waals surface area contributed by atoms with E-state index < -0.39 is 0 Å². The highest BCUT2D eigenvalue weighted by atomic mass is 16.5. The van der Waals surface area contributed by atoms with E-state index in [2.05, 4.69) is 10.6 Å². The van der Waals surface area contributed by atoms with Crippen molar-refractivity contribution in [1.29, 1.82) is 0 Å². The van der Waals surface area contributed by atoms with Gasteiger partial charge in [0.1, 0.15) is 0 Å². The van der Waals surface area contributed by atoms with E-state index in [1.165, 1.54) is 0 Å². The van der Waals surface area contributed by atoms with E-state index in [1.807, 2.05) is 6.92 Å². The maximum Gasteiger partial charge on any atom is 0.221 e. The van der Waals surface area contributed by atoms with Gasteiger partial charge in [-0.2, -0.15) is 0 Å². The first-order valence-electron chi connectivity index (χ1n) is 5.91. The molecule has 5 heteroatoms. The molecular formula is C11H20N2O3. The minimum absolute atomic E-state index is 0.121. The molecule has 1 aliphatic heterocycles. The van der Waals surface area contributed by atoms with E-state index in [4.69, 9.17) is 9.47 Å². The number of ether oxygens (including phenoxy) is 2. The SMILES string of the molecule is CCOC1CC(NC2CNC(=O)C2)C1OC. The lowest BCUT2D eigenvalue weighted by Crippen LogP contribution is -2.62. The van der Waals surface area contributed by atoms with Crippen molar-refractivity contribution in [2.45, 2.75) is 44.1 Å². The molecule has 0 spiro atoms. The minimum atomic E-state index is 0.121. The quantitative estimate of drug-likeness (QED) is 0.675. The molecule has 0 aromatic rings. The Labute approximate surface area is 95.9 Å². The van der Waals surface area contributed by atoms with Crippen LogP contribution in [0.2, 0.25) is 0 Å². The van der Waals surface area contributed by atoms with Gasteiger partial charge in [0.2, 0.25) is 5.91 Å². The van der Waals surface area contributed by atoms with E-state index >= 15 is 0 Å². The first-order valence-corrected chi connectivity index (χ1v) is 5.91. The van der Waals surface area contributed by atoms with Crippen LogP contribution in [0.5, 0.6) is 0 Å². The first-order chi connectivity index (χ1) is 7.74. The highest BCUT2D eigenvalue weighted by Gasteiger charge is 2.43. The second-order valence-electron chi connectivity index (χ2n) is 4.41. The number of hydrogen-bond acceptors (Lipinski definition) is 4. The van der Waals surface area contributed by atoms with E-state index in [9.17, 15) is 4.79 Å². The zero-order valence-electron chi connectivity index (χ0n) is 9.86. The Kier molecular flexibility index (Phi) is 3.78. The van der Waals surface area contributed by atoms with Gasteiger partial charge in [0.05, 0.1) is 12.2 Å². The lowest BCUT2D eigenvalue weighted by Gasteiger charge is -2.44. The third kappa shape index (κ3) is 2.36. The Morgan fingerprint density at radius 3 is 2.94 bits per heavy atom. The van der Waals surface area contributed by atoms with E-state index in [0.29, 0.717) is 12.5 Å². The smallest absolute Gasteiger partial charge is 0.221 e. The molecule has 1 heterocycles. The van der Waals surface area contributed by atoms with Crippen LogP contribution >= 0.6 is 0 Å². The van der Waals surface area contributed by atoms with Crippen LogP contribution in [-0.4, -0.2) is 50.5 Å². The molecule has 2 rings (SSSR count). The summed E-state index contributed by atoms with van der Waals surface area (Å²) in [5, 5.41) is 6.27. The van der Waals surface area contributed by atoms with Crippen LogP contribution in [0, 0.1) is 0 Å². The number of hydrogen-bond donors (Lipinski definition) is 2. The van der Waals surface area contributed by atoms with Crippen molar-refractivity contribution in [3.8, 4) is 0 Å². The Bertz CT molecular complexity index is 260. The number of nitrogens with one attached hydrogen (secondary N) is 2. The van der Waals surface area contributed by atoms with Crippen molar-refractivity contribution >= 4 is 5.91 Å². The minimum Gasteiger partial charge on any atom is -0.377 e. The van der Waals surface area contributed by atoms with Gasteiger partial charge < -0.3 is 20.1 Å². The summed E-state index contributed by atoms with van der Waals surface area (Å²) >= 11 is 0. The molecule has 1 saturated heterocycles. The van der Waals surface area contributed by atoms with Crippen LogP contribution in [0.4, 0.5) is 0 Å². The number of rotatable bonds is 5. The third-order valence-corrected chi connectivity index (χ3v) is 3.33.